The van der Waals surface area contributed by atoms with Crippen LogP contribution in [0.1, 0.15) is 22.8 Å². The average Bonchev–Trinajstić information content (AvgIpc) is 2.37. The molecule has 0 radical (unpaired) electrons. The van der Waals surface area contributed by atoms with Gasteiger partial charge in [0.15, 0.2) is 0 Å². The lowest BCUT2D eigenvalue weighted by Crippen LogP contribution is -2.09. The van der Waals surface area contributed by atoms with Crippen molar-refractivity contribution in [2.45, 2.75) is 12.3 Å². The van der Waals surface area contributed by atoms with E-state index in [4.69, 9.17) is 0 Å². The van der Waals surface area contributed by atoms with Crippen molar-refractivity contribution in [2.24, 2.45) is 0 Å². The second-order valence-electron chi connectivity index (χ2n) is 4.16. The maximum Gasteiger partial charge on any atom is 0.416 e. The van der Waals surface area contributed by atoms with E-state index in [1.807, 2.05) is 0 Å². The third kappa shape index (κ3) is 3.02. The molecule has 0 aromatic heterocycles. The van der Waals surface area contributed by atoms with Crippen molar-refractivity contribution in [3.8, 4) is 0 Å². The summed E-state index contributed by atoms with van der Waals surface area (Å²) < 4.78 is 51.4. The quantitative estimate of drug-likeness (QED) is 0.780. The number of benzene rings is 2. The fraction of sp³-hybridized carbons (Fsp3) is 0.143. The Kier molecular flexibility index (Phi) is 4.15. The van der Waals surface area contributed by atoms with Gasteiger partial charge in [0, 0.05) is 10.0 Å². The lowest BCUT2D eigenvalue weighted by molar-refractivity contribution is -0.137. The molecule has 6 heteroatoms. The van der Waals surface area contributed by atoms with Crippen LogP contribution in [-0.4, -0.2) is 5.11 Å². The van der Waals surface area contributed by atoms with Gasteiger partial charge in [0.2, 0.25) is 0 Å². The maximum absolute atomic E-state index is 13.9. The van der Waals surface area contributed by atoms with Crippen molar-refractivity contribution in [3.63, 3.8) is 0 Å². The Balaban J connectivity index is 2.49. The number of aliphatic hydroxyl groups is 1. The van der Waals surface area contributed by atoms with Gasteiger partial charge < -0.3 is 5.11 Å². The van der Waals surface area contributed by atoms with Crippen molar-refractivity contribution in [1.29, 1.82) is 0 Å². The molecule has 0 amide bonds. The second-order valence-corrected chi connectivity index (χ2v) is 5.02. The molecule has 0 heterocycles. The van der Waals surface area contributed by atoms with Crippen LogP contribution in [0.2, 0.25) is 0 Å². The van der Waals surface area contributed by atoms with Crippen LogP contribution >= 0.6 is 15.9 Å². The predicted molar refractivity (Wildman–Crippen MR) is 69.6 cm³/mol. The molecular formula is C14H9BrF4O. The third-order valence-electron chi connectivity index (χ3n) is 2.80. The minimum absolute atomic E-state index is 0.124. The first-order valence-corrected chi connectivity index (χ1v) is 6.39. The predicted octanol–water partition coefficient (Wildman–Crippen LogP) is 4.69. The minimum atomic E-state index is -4.64. The first-order valence-electron chi connectivity index (χ1n) is 5.60. The Morgan fingerprint density at radius 2 is 1.65 bits per heavy atom. The first kappa shape index (κ1) is 15.0. The summed E-state index contributed by atoms with van der Waals surface area (Å²) in [6.45, 7) is 0. The molecule has 106 valence electrons. The lowest BCUT2D eigenvalue weighted by Gasteiger charge is -2.16. The molecule has 0 aliphatic rings. The largest absolute Gasteiger partial charge is 0.416 e. The highest BCUT2D eigenvalue weighted by atomic mass is 79.9. The summed E-state index contributed by atoms with van der Waals surface area (Å²) in [5.41, 5.74) is -0.929. The summed E-state index contributed by atoms with van der Waals surface area (Å²) in [5, 5.41) is 10.1. The number of rotatable bonds is 2. The topological polar surface area (TPSA) is 20.2 Å². The molecule has 0 saturated heterocycles. The van der Waals surface area contributed by atoms with Gasteiger partial charge >= 0.3 is 6.18 Å². The van der Waals surface area contributed by atoms with Crippen molar-refractivity contribution in [3.05, 3.63) is 69.4 Å². The van der Waals surface area contributed by atoms with E-state index in [0.717, 1.165) is 6.07 Å². The van der Waals surface area contributed by atoms with Gasteiger partial charge in [-0.3, -0.25) is 0 Å². The number of aliphatic hydroxyl groups excluding tert-OH is 1. The van der Waals surface area contributed by atoms with E-state index in [9.17, 15) is 22.7 Å². The van der Waals surface area contributed by atoms with E-state index in [0.29, 0.717) is 11.6 Å². The minimum Gasteiger partial charge on any atom is -0.384 e. The Bertz CT molecular complexity index is 587. The fourth-order valence-corrected chi connectivity index (χ4v) is 2.46. The molecule has 0 saturated carbocycles. The van der Waals surface area contributed by atoms with Gasteiger partial charge in [-0.15, -0.1) is 0 Å². The smallest absolute Gasteiger partial charge is 0.384 e. The average molecular weight is 349 g/mol. The molecule has 0 aliphatic carbocycles. The van der Waals surface area contributed by atoms with Gasteiger partial charge in [-0.2, -0.15) is 13.2 Å². The van der Waals surface area contributed by atoms with Gasteiger partial charge in [0.1, 0.15) is 11.9 Å². The van der Waals surface area contributed by atoms with Crippen molar-refractivity contribution in [1.82, 2.24) is 0 Å². The zero-order valence-corrected chi connectivity index (χ0v) is 11.5. The number of alkyl halides is 3. The lowest BCUT2D eigenvalue weighted by atomic mass is 9.99. The van der Waals surface area contributed by atoms with E-state index in [1.165, 1.54) is 0 Å². The van der Waals surface area contributed by atoms with Crippen LogP contribution in [0.4, 0.5) is 17.6 Å². The molecule has 0 spiro atoms. The van der Waals surface area contributed by atoms with E-state index in [1.54, 1.807) is 30.3 Å². The van der Waals surface area contributed by atoms with Gasteiger partial charge in [-0.05, 0) is 17.7 Å². The van der Waals surface area contributed by atoms with Crippen LogP contribution in [0.3, 0.4) is 0 Å². The van der Waals surface area contributed by atoms with Crippen molar-refractivity contribution < 1.29 is 22.7 Å². The Labute approximate surface area is 121 Å². The van der Waals surface area contributed by atoms with Gasteiger partial charge in [-0.25, -0.2) is 4.39 Å². The molecule has 1 unspecified atom stereocenters. The maximum atomic E-state index is 13.9. The highest BCUT2D eigenvalue weighted by Crippen LogP contribution is 2.37. The SMILES string of the molecule is OC(c1ccccc1)c1c(F)cc(C(F)(F)F)cc1Br. The highest BCUT2D eigenvalue weighted by molar-refractivity contribution is 9.10. The van der Waals surface area contributed by atoms with E-state index in [2.05, 4.69) is 15.9 Å². The standard InChI is InChI=1S/C14H9BrF4O/c15-10-6-9(14(17,18)19)7-11(16)12(10)13(20)8-4-2-1-3-5-8/h1-7,13,20H. The van der Waals surface area contributed by atoms with E-state index < -0.39 is 23.7 Å². The molecule has 2 aromatic rings. The zero-order chi connectivity index (χ0) is 14.9. The molecule has 20 heavy (non-hydrogen) atoms. The van der Waals surface area contributed by atoms with Crippen LogP contribution in [0, 0.1) is 5.82 Å². The van der Waals surface area contributed by atoms with Gasteiger partial charge in [-0.1, -0.05) is 46.3 Å². The summed E-state index contributed by atoms with van der Waals surface area (Å²) in [7, 11) is 0. The Morgan fingerprint density at radius 3 is 2.15 bits per heavy atom. The Hall–Kier alpha value is -1.40. The molecular weight excluding hydrogens is 340 g/mol. The summed E-state index contributed by atoms with van der Waals surface area (Å²) in [5.74, 6) is -1.11. The normalized spacial score (nSPS) is 13.3. The zero-order valence-electron chi connectivity index (χ0n) is 9.96. The van der Waals surface area contributed by atoms with Crippen LogP contribution in [0.15, 0.2) is 46.9 Å². The fourth-order valence-electron chi connectivity index (χ4n) is 1.81. The summed E-state index contributed by atoms with van der Waals surface area (Å²) in [6, 6.07) is 9.27. The molecule has 1 nitrogen and oxygen atoms in total. The van der Waals surface area contributed by atoms with Crippen LogP contribution in [-0.2, 0) is 6.18 Å². The molecule has 2 rings (SSSR count). The first-order chi connectivity index (χ1) is 9.30. The number of hydrogen-bond donors (Lipinski definition) is 1. The van der Waals surface area contributed by atoms with E-state index >= 15 is 0 Å². The van der Waals surface area contributed by atoms with Crippen molar-refractivity contribution in [2.75, 3.05) is 0 Å². The van der Waals surface area contributed by atoms with Crippen LogP contribution < -0.4 is 0 Å². The molecule has 0 aliphatic heterocycles. The molecule has 1 N–H and O–H groups in total. The summed E-state index contributed by atoms with van der Waals surface area (Å²) in [4.78, 5) is 0. The Morgan fingerprint density at radius 1 is 1.05 bits per heavy atom. The monoisotopic (exact) mass is 348 g/mol. The number of halogens is 5. The second kappa shape index (κ2) is 5.54. The van der Waals surface area contributed by atoms with Crippen LogP contribution in [0.5, 0.6) is 0 Å². The van der Waals surface area contributed by atoms with Gasteiger partial charge in [0.05, 0.1) is 5.56 Å². The molecule has 1 atom stereocenters. The molecule has 0 bridgehead atoms. The van der Waals surface area contributed by atoms with Gasteiger partial charge in [0.25, 0.3) is 0 Å². The van der Waals surface area contributed by atoms with Crippen molar-refractivity contribution >= 4 is 15.9 Å². The number of hydrogen-bond acceptors (Lipinski definition) is 1. The molecule has 0 fully saturated rings. The molecule has 2 aromatic carbocycles. The summed E-state index contributed by atoms with van der Waals surface area (Å²) in [6.07, 6.45) is -5.98. The third-order valence-corrected chi connectivity index (χ3v) is 3.45. The van der Waals surface area contributed by atoms with E-state index in [-0.39, 0.29) is 10.0 Å². The summed E-state index contributed by atoms with van der Waals surface area (Å²) >= 11 is 2.89. The highest BCUT2D eigenvalue weighted by Gasteiger charge is 2.33. The van der Waals surface area contributed by atoms with Crippen LogP contribution in [0.25, 0.3) is 0 Å².